The molecular formula is C10H14F2N2O2S. The summed E-state index contributed by atoms with van der Waals surface area (Å²) in [7, 11) is -4.04. The molecule has 17 heavy (non-hydrogen) atoms. The Morgan fingerprint density at radius 1 is 1.24 bits per heavy atom. The Bertz CT molecular complexity index is 513. The molecule has 0 fully saturated rings. The molecule has 0 aliphatic rings. The highest BCUT2D eigenvalue weighted by Crippen LogP contribution is 2.24. The van der Waals surface area contributed by atoms with Gasteiger partial charge >= 0.3 is 0 Å². The van der Waals surface area contributed by atoms with Gasteiger partial charge in [-0.2, -0.15) is 4.31 Å². The van der Waals surface area contributed by atoms with Gasteiger partial charge in [0.15, 0.2) is 11.6 Å². The monoisotopic (exact) mass is 264 g/mol. The second-order valence-corrected chi connectivity index (χ2v) is 5.31. The first kappa shape index (κ1) is 13.9. The van der Waals surface area contributed by atoms with Crippen LogP contribution in [-0.2, 0) is 10.0 Å². The Balaban J connectivity index is 3.43. The summed E-state index contributed by atoms with van der Waals surface area (Å²) in [6, 6.07) is 1.67. The first-order valence-electron chi connectivity index (χ1n) is 5.09. The van der Waals surface area contributed by atoms with Crippen molar-refractivity contribution in [1.29, 1.82) is 0 Å². The van der Waals surface area contributed by atoms with Crippen molar-refractivity contribution < 1.29 is 17.2 Å². The number of nitrogens with zero attached hydrogens (tertiary/aromatic N) is 1. The number of hydrogen-bond acceptors (Lipinski definition) is 3. The van der Waals surface area contributed by atoms with Gasteiger partial charge in [0.05, 0.1) is 0 Å². The maximum atomic E-state index is 13.5. The van der Waals surface area contributed by atoms with Gasteiger partial charge in [0, 0.05) is 18.8 Å². The molecule has 0 amide bonds. The number of halogens is 2. The summed E-state index contributed by atoms with van der Waals surface area (Å²) in [5, 5.41) is 0. The standard InChI is InChI=1S/C10H14F2N2O2S/c1-3-14(4-2)17(15,16)9-6-7(13)5-8(11)10(9)12/h5-6H,3-4,13H2,1-2H3. The Morgan fingerprint density at radius 2 is 1.76 bits per heavy atom. The van der Waals surface area contributed by atoms with E-state index in [-0.39, 0.29) is 18.8 Å². The van der Waals surface area contributed by atoms with Crippen LogP contribution < -0.4 is 5.73 Å². The van der Waals surface area contributed by atoms with Crippen molar-refractivity contribution in [3.63, 3.8) is 0 Å². The van der Waals surface area contributed by atoms with Gasteiger partial charge in [-0.1, -0.05) is 13.8 Å². The van der Waals surface area contributed by atoms with E-state index in [1.807, 2.05) is 0 Å². The van der Waals surface area contributed by atoms with Gasteiger partial charge in [-0.05, 0) is 12.1 Å². The lowest BCUT2D eigenvalue weighted by molar-refractivity contribution is 0.432. The van der Waals surface area contributed by atoms with Crippen molar-refractivity contribution in [2.75, 3.05) is 18.8 Å². The molecule has 0 saturated heterocycles. The smallest absolute Gasteiger partial charge is 0.246 e. The largest absolute Gasteiger partial charge is 0.399 e. The fourth-order valence-corrected chi connectivity index (χ4v) is 3.04. The van der Waals surface area contributed by atoms with Crippen molar-refractivity contribution in [2.24, 2.45) is 0 Å². The number of sulfonamides is 1. The van der Waals surface area contributed by atoms with Crippen LogP contribution in [0.25, 0.3) is 0 Å². The fourth-order valence-electron chi connectivity index (χ4n) is 1.47. The van der Waals surface area contributed by atoms with E-state index < -0.39 is 26.6 Å². The molecule has 7 heteroatoms. The maximum absolute atomic E-state index is 13.5. The van der Waals surface area contributed by atoms with E-state index in [9.17, 15) is 17.2 Å². The summed E-state index contributed by atoms with van der Waals surface area (Å²) in [5.41, 5.74) is 5.19. The predicted molar refractivity (Wildman–Crippen MR) is 60.9 cm³/mol. The molecular weight excluding hydrogens is 250 g/mol. The van der Waals surface area contributed by atoms with Crippen molar-refractivity contribution in [1.82, 2.24) is 4.31 Å². The molecule has 0 aromatic heterocycles. The summed E-state index contributed by atoms with van der Waals surface area (Å²) in [4.78, 5) is -0.723. The molecule has 1 aromatic rings. The summed E-state index contributed by atoms with van der Waals surface area (Å²) in [6.07, 6.45) is 0. The van der Waals surface area contributed by atoms with Gasteiger partial charge in [-0.3, -0.25) is 0 Å². The topological polar surface area (TPSA) is 63.4 Å². The number of rotatable bonds is 4. The average molecular weight is 264 g/mol. The quantitative estimate of drug-likeness (QED) is 0.840. The van der Waals surface area contributed by atoms with Crippen molar-refractivity contribution in [3.8, 4) is 0 Å². The molecule has 1 rings (SSSR count). The molecule has 0 unspecified atom stereocenters. The highest BCUT2D eigenvalue weighted by molar-refractivity contribution is 7.89. The van der Waals surface area contributed by atoms with Gasteiger partial charge in [-0.25, -0.2) is 17.2 Å². The third-order valence-corrected chi connectivity index (χ3v) is 4.39. The second-order valence-electron chi connectivity index (χ2n) is 3.40. The number of hydrogen-bond donors (Lipinski definition) is 1. The van der Waals surface area contributed by atoms with Crippen LogP contribution >= 0.6 is 0 Å². The third-order valence-electron chi connectivity index (χ3n) is 2.34. The van der Waals surface area contributed by atoms with E-state index in [4.69, 9.17) is 5.73 Å². The van der Waals surface area contributed by atoms with Crippen molar-refractivity contribution >= 4 is 15.7 Å². The molecule has 0 atom stereocenters. The van der Waals surface area contributed by atoms with Crippen LogP contribution in [-0.4, -0.2) is 25.8 Å². The molecule has 0 bridgehead atoms. The zero-order valence-corrected chi connectivity index (χ0v) is 10.4. The summed E-state index contributed by atoms with van der Waals surface area (Å²) in [6.45, 7) is 3.58. The summed E-state index contributed by atoms with van der Waals surface area (Å²) in [5.74, 6) is -2.66. The number of nitrogens with two attached hydrogens (primary N) is 1. The number of benzene rings is 1. The first-order chi connectivity index (χ1) is 7.84. The van der Waals surface area contributed by atoms with Crippen LogP contribution in [0.15, 0.2) is 17.0 Å². The molecule has 4 nitrogen and oxygen atoms in total. The molecule has 0 radical (unpaired) electrons. The van der Waals surface area contributed by atoms with Gasteiger partial charge < -0.3 is 5.73 Å². The van der Waals surface area contributed by atoms with E-state index in [0.29, 0.717) is 0 Å². The molecule has 0 spiro atoms. The van der Waals surface area contributed by atoms with Crippen LogP contribution in [0.2, 0.25) is 0 Å². The Kier molecular flexibility index (Phi) is 4.05. The minimum absolute atomic E-state index is 0.130. The van der Waals surface area contributed by atoms with Crippen LogP contribution in [0.5, 0.6) is 0 Å². The van der Waals surface area contributed by atoms with Gasteiger partial charge in [0.25, 0.3) is 0 Å². The lowest BCUT2D eigenvalue weighted by Gasteiger charge is -2.19. The van der Waals surface area contributed by atoms with Gasteiger partial charge in [0.1, 0.15) is 4.90 Å². The SMILES string of the molecule is CCN(CC)S(=O)(=O)c1cc(N)cc(F)c1F. The van der Waals surface area contributed by atoms with E-state index in [1.54, 1.807) is 13.8 Å². The van der Waals surface area contributed by atoms with Crippen molar-refractivity contribution in [3.05, 3.63) is 23.8 Å². The van der Waals surface area contributed by atoms with E-state index in [2.05, 4.69) is 0 Å². The van der Waals surface area contributed by atoms with Gasteiger partial charge in [-0.15, -0.1) is 0 Å². The van der Waals surface area contributed by atoms with Gasteiger partial charge in [0.2, 0.25) is 10.0 Å². The van der Waals surface area contributed by atoms with E-state index >= 15 is 0 Å². The highest BCUT2D eigenvalue weighted by atomic mass is 32.2. The number of nitrogen functional groups attached to an aromatic ring is 1. The number of anilines is 1. The first-order valence-corrected chi connectivity index (χ1v) is 6.53. The summed E-state index contributed by atoms with van der Waals surface area (Å²) < 4.78 is 51.6. The zero-order valence-electron chi connectivity index (χ0n) is 9.57. The third kappa shape index (κ3) is 2.55. The average Bonchev–Trinajstić information content (AvgIpc) is 2.24. The molecule has 2 N–H and O–H groups in total. The van der Waals surface area contributed by atoms with Crippen molar-refractivity contribution in [2.45, 2.75) is 18.7 Å². The van der Waals surface area contributed by atoms with Crippen LogP contribution in [0, 0.1) is 11.6 Å². The Labute approximate surface area is 99.1 Å². The van der Waals surface area contributed by atoms with E-state index in [0.717, 1.165) is 16.4 Å². The molecule has 96 valence electrons. The van der Waals surface area contributed by atoms with E-state index in [1.165, 1.54) is 0 Å². The Morgan fingerprint density at radius 3 is 2.24 bits per heavy atom. The lowest BCUT2D eigenvalue weighted by atomic mass is 10.3. The fraction of sp³-hybridized carbons (Fsp3) is 0.400. The molecule has 0 saturated carbocycles. The van der Waals surface area contributed by atoms with Crippen LogP contribution in [0.1, 0.15) is 13.8 Å². The maximum Gasteiger partial charge on any atom is 0.246 e. The molecule has 0 aliphatic heterocycles. The normalized spacial score (nSPS) is 12.1. The zero-order chi connectivity index (χ0) is 13.2. The van der Waals surface area contributed by atoms with Crippen LogP contribution in [0.4, 0.5) is 14.5 Å². The highest BCUT2D eigenvalue weighted by Gasteiger charge is 2.27. The minimum Gasteiger partial charge on any atom is -0.399 e. The minimum atomic E-state index is -4.04. The lowest BCUT2D eigenvalue weighted by Crippen LogP contribution is -2.31. The summed E-state index contributed by atoms with van der Waals surface area (Å²) >= 11 is 0. The molecule has 1 aromatic carbocycles. The molecule has 0 heterocycles. The second kappa shape index (κ2) is 4.97. The van der Waals surface area contributed by atoms with Crippen LogP contribution in [0.3, 0.4) is 0 Å². The Hall–Kier alpha value is -1.21. The molecule has 0 aliphatic carbocycles. The predicted octanol–water partition coefficient (Wildman–Crippen LogP) is 1.58.